The minimum atomic E-state index is -0.661. The number of carbonyl (C=O) groups is 1. The summed E-state index contributed by atoms with van der Waals surface area (Å²) in [6.07, 6.45) is 4.45. The molecule has 0 unspecified atom stereocenters. The predicted octanol–water partition coefficient (Wildman–Crippen LogP) is 1.76. The van der Waals surface area contributed by atoms with Crippen molar-refractivity contribution in [1.82, 2.24) is 30.4 Å². The maximum Gasteiger partial charge on any atom is 0.277 e. The van der Waals surface area contributed by atoms with Gasteiger partial charge in [0.05, 0.1) is 42.6 Å². The van der Waals surface area contributed by atoms with Crippen molar-refractivity contribution >= 4 is 68.8 Å². The first-order chi connectivity index (χ1) is 17.6. The van der Waals surface area contributed by atoms with Crippen molar-refractivity contribution in [2.45, 2.75) is 6.54 Å². The van der Waals surface area contributed by atoms with Gasteiger partial charge in [0.15, 0.2) is 11.6 Å². The summed E-state index contributed by atoms with van der Waals surface area (Å²) in [6, 6.07) is 5.74. The number of methoxy groups -OCH3 is 1. The maximum absolute atomic E-state index is 11.5. The Bertz CT molecular complexity index is 1360. The molecule has 0 aliphatic carbocycles. The summed E-state index contributed by atoms with van der Waals surface area (Å²) < 4.78 is 11.7. The minimum absolute atomic E-state index is 0. The summed E-state index contributed by atoms with van der Waals surface area (Å²) in [4.78, 5) is 39.2. The van der Waals surface area contributed by atoms with Crippen LogP contribution in [0.3, 0.4) is 0 Å². The van der Waals surface area contributed by atoms with Crippen LogP contribution in [0.1, 0.15) is 15.2 Å². The van der Waals surface area contributed by atoms with Gasteiger partial charge in [-0.1, -0.05) is 0 Å². The molecule has 12 nitrogen and oxygen atoms in total. The van der Waals surface area contributed by atoms with Crippen LogP contribution in [0.15, 0.2) is 36.8 Å². The van der Waals surface area contributed by atoms with Crippen LogP contribution in [0, 0.1) is 0 Å². The smallest absolute Gasteiger partial charge is 0.277 e. The molecule has 0 bridgehead atoms. The van der Waals surface area contributed by atoms with Crippen LogP contribution >= 0.6 is 11.3 Å². The van der Waals surface area contributed by atoms with Gasteiger partial charge in [-0.3, -0.25) is 10.0 Å². The van der Waals surface area contributed by atoms with Crippen LogP contribution in [0.2, 0.25) is 0 Å². The van der Waals surface area contributed by atoms with Crippen LogP contribution in [-0.4, -0.2) is 106 Å². The van der Waals surface area contributed by atoms with E-state index < -0.39 is 5.91 Å². The average Bonchev–Trinajstić information content (AvgIpc) is 3.35. The first-order valence-corrected chi connectivity index (χ1v) is 12.0. The van der Waals surface area contributed by atoms with Gasteiger partial charge in [0, 0.05) is 84.8 Å². The second-order valence-electron chi connectivity index (χ2n) is 8.06. The molecule has 0 spiro atoms. The number of ether oxygens (including phenoxy) is 2. The molecule has 14 heteroatoms. The molecular weight excluding hydrogens is 507 g/mol. The number of morpholine rings is 1. The second kappa shape index (κ2) is 12.1. The largest absolute Gasteiger partial charge is 0.481 e. The quantitative estimate of drug-likeness (QED) is 0.205. The van der Waals surface area contributed by atoms with E-state index in [9.17, 15) is 4.79 Å². The number of thiophene rings is 1. The molecule has 37 heavy (non-hydrogen) atoms. The first kappa shape index (κ1) is 27.1. The van der Waals surface area contributed by atoms with Gasteiger partial charge in [0.1, 0.15) is 0 Å². The van der Waals surface area contributed by atoms with E-state index in [1.165, 1.54) is 12.4 Å². The molecule has 4 aromatic rings. The van der Waals surface area contributed by atoms with Crippen LogP contribution < -0.4 is 20.0 Å². The number of hydrogen-bond acceptors (Lipinski definition) is 12. The Morgan fingerprint density at radius 1 is 1.19 bits per heavy atom. The fourth-order valence-electron chi connectivity index (χ4n) is 3.80. The Kier molecular flexibility index (Phi) is 8.84. The van der Waals surface area contributed by atoms with Crippen LogP contribution in [0.5, 0.6) is 5.88 Å². The molecule has 2 N–H and O–H groups in total. The fraction of sp³-hybridized carbons (Fsp3) is 0.304. The standard InChI is InChI=1S/C23H24N8O4S.Na/c1-30(23-25-11-15(12-26-23)22(32)29-33)13-16-9-17-19(36-16)21(31-5-7-35-8-6-31)28-20(27-17)14-3-4-18(34-2)24-10-14;/h3-4,9-12,33H,5-8,13H2,1-2H3,(H,29,32);. The summed E-state index contributed by atoms with van der Waals surface area (Å²) in [6.45, 7) is 3.33. The van der Waals surface area contributed by atoms with Gasteiger partial charge in [-0.25, -0.2) is 30.4 Å². The number of carbonyl (C=O) groups excluding carboxylic acids is 1. The Labute approximate surface area is 238 Å². The third-order valence-electron chi connectivity index (χ3n) is 5.66. The molecule has 0 atom stereocenters. The van der Waals surface area contributed by atoms with Crippen LogP contribution in [0.25, 0.3) is 21.6 Å². The summed E-state index contributed by atoms with van der Waals surface area (Å²) in [7, 11) is 3.45. The number of rotatable bonds is 7. The first-order valence-electron chi connectivity index (χ1n) is 11.2. The third-order valence-corrected chi connectivity index (χ3v) is 6.76. The van der Waals surface area contributed by atoms with Gasteiger partial charge >= 0.3 is 0 Å². The van der Waals surface area contributed by atoms with Crippen molar-refractivity contribution in [2.75, 3.05) is 50.3 Å². The van der Waals surface area contributed by atoms with Crippen molar-refractivity contribution in [3.8, 4) is 17.3 Å². The Hall–Kier alpha value is -2.94. The van der Waals surface area contributed by atoms with E-state index in [2.05, 4.69) is 25.9 Å². The van der Waals surface area contributed by atoms with Crippen LogP contribution in [-0.2, 0) is 11.3 Å². The number of amides is 1. The topological polar surface area (TPSA) is 139 Å². The number of pyridine rings is 1. The van der Waals surface area contributed by atoms with Crippen molar-refractivity contribution in [3.63, 3.8) is 0 Å². The molecule has 1 aliphatic rings. The van der Waals surface area contributed by atoms with Gasteiger partial charge in [-0.2, -0.15) is 0 Å². The van der Waals surface area contributed by atoms with E-state index in [0.29, 0.717) is 37.4 Å². The van der Waals surface area contributed by atoms with E-state index in [4.69, 9.17) is 24.6 Å². The molecule has 0 saturated carbocycles. The molecule has 187 valence electrons. The van der Waals surface area contributed by atoms with E-state index in [-0.39, 0.29) is 35.1 Å². The van der Waals surface area contributed by atoms with Gasteiger partial charge in [-0.15, -0.1) is 11.3 Å². The van der Waals surface area contributed by atoms with Gasteiger partial charge in [0.25, 0.3) is 5.91 Å². The molecule has 5 heterocycles. The zero-order valence-corrected chi connectivity index (χ0v) is 23.5. The predicted molar refractivity (Wildman–Crippen MR) is 139 cm³/mol. The number of nitrogens with one attached hydrogen (secondary N) is 1. The van der Waals surface area contributed by atoms with Crippen molar-refractivity contribution in [3.05, 3.63) is 47.2 Å². The summed E-state index contributed by atoms with van der Waals surface area (Å²) >= 11 is 1.62. The average molecular weight is 532 g/mol. The molecule has 1 fully saturated rings. The molecule has 1 aliphatic heterocycles. The number of nitrogens with zero attached hydrogens (tertiary/aromatic N) is 7. The number of hydroxylamine groups is 1. The second-order valence-corrected chi connectivity index (χ2v) is 9.19. The van der Waals surface area contributed by atoms with Gasteiger partial charge in [-0.05, 0) is 12.1 Å². The summed E-state index contributed by atoms with van der Waals surface area (Å²) in [5.74, 6) is 1.79. The van der Waals surface area contributed by atoms with Crippen molar-refractivity contribution in [1.29, 1.82) is 0 Å². The third kappa shape index (κ3) is 5.98. The van der Waals surface area contributed by atoms with E-state index >= 15 is 0 Å². The summed E-state index contributed by atoms with van der Waals surface area (Å²) in [5.41, 5.74) is 3.39. The Morgan fingerprint density at radius 3 is 2.59 bits per heavy atom. The Morgan fingerprint density at radius 2 is 1.95 bits per heavy atom. The fourth-order valence-corrected chi connectivity index (χ4v) is 4.96. The van der Waals surface area contributed by atoms with E-state index in [0.717, 1.165) is 39.6 Å². The van der Waals surface area contributed by atoms with Gasteiger partial charge < -0.3 is 19.3 Å². The number of hydrogen-bond donors (Lipinski definition) is 2. The summed E-state index contributed by atoms with van der Waals surface area (Å²) in [5, 5.41) is 8.77. The number of aromatic nitrogens is 5. The van der Waals surface area contributed by atoms with Crippen LogP contribution in [0.4, 0.5) is 11.8 Å². The molecule has 4 aromatic heterocycles. The maximum atomic E-state index is 11.5. The normalized spacial score (nSPS) is 13.2. The molecule has 1 saturated heterocycles. The molecule has 5 rings (SSSR count). The minimum Gasteiger partial charge on any atom is -0.481 e. The number of anilines is 2. The molecule has 0 aromatic carbocycles. The van der Waals surface area contributed by atoms with Gasteiger partial charge in [0.2, 0.25) is 11.8 Å². The monoisotopic (exact) mass is 531 g/mol. The number of fused-ring (bicyclic) bond motifs is 1. The van der Waals surface area contributed by atoms with Crippen molar-refractivity contribution in [2.24, 2.45) is 0 Å². The zero-order valence-electron chi connectivity index (χ0n) is 20.7. The Balaban J connectivity index is 0.00000320. The SMILES string of the molecule is COc1ccc(-c2nc(N3CCOCC3)c3sc(CN(C)c4ncc(C(=O)NO)cn4)cc3n2)cn1.[Na]. The van der Waals surface area contributed by atoms with E-state index in [1.807, 2.05) is 18.0 Å². The molecular formula is C23H24N8NaO4S. The van der Waals surface area contributed by atoms with E-state index in [1.54, 1.807) is 36.2 Å². The molecule has 1 amide bonds. The zero-order chi connectivity index (χ0) is 25.1. The van der Waals surface area contributed by atoms with Crippen molar-refractivity contribution < 1.29 is 19.5 Å². The molecule has 1 radical (unpaired) electrons.